The second-order valence-corrected chi connectivity index (χ2v) is 7.18. The van der Waals surface area contributed by atoms with Crippen molar-refractivity contribution in [1.29, 1.82) is 0 Å². The van der Waals surface area contributed by atoms with Crippen molar-refractivity contribution in [2.45, 2.75) is 51.7 Å². The first kappa shape index (κ1) is 15.2. The summed E-state index contributed by atoms with van der Waals surface area (Å²) in [5.74, 6) is 2.00. The van der Waals surface area contributed by atoms with E-state index in [1.807, 2.05) is 0 Å². The summed E-state index contributed by atoms with van der Waals surface area (Å²) in [7, 11) is 0. The summed E-state index contributed by atoms with van der Waals surface area (Å²) in [4.78, 5) is 7.53. The molecule has 1 N–H and O–H groups in total. The van der Waals surface area contributed by atoms with Crippen molar-refractivity contribution < 1.29 is 0 Å². The van der Waals surface area contributed by atoms with E-state index in [0.29, 0.717) is 0 Å². The molecule has 23 heavy (non-hydrogen) atoms. The maximum atomic E-state index is 4.84. The lowest BCUT2D eigenvalue weighted by molar-refractivity contribution is 0.311. The van der Waals surface area contributed by atoms with Gasteiger partial charge >= 0.3 is 0 Å². The number of aryl methyl sites for hydroxylation is 1. The quantitative estimate of drug-likeness (QED) is 0.853. The standard InChI is InChI=1S/C19H28N4/c1-2-10-23-18-6-4-3-5-17(18)21-19(23)13-20-12-15-9-11-22(14-15)16-7-8-16/h3-6,15-16,20H,2,7-14H2,1H3/t15-/m0/s1. The van der Waals surface area contributed by atoms with Gasteiger partial charge in [0.2, 0.25) is 0 Å². The molecule has 2 aromatic rings. The first-order valence-corrected chi connectivity index (χ1v) is 9.24. The SMILES string of the molecule is CCCn1c(CNC[C@@H]2CCN(C3CC3)C2)nc2ccccc21. The molecule has 1 saturated heterocycles. The third-order valence-corrected chi connectivity index (χ3v) is 5.28. The average molecular weight is 312 g/mol. The Morgan fingerprint density at radius 1 is 1.22 bits per heavy atom. The Morgan fingerprint density at radius 2 is 2.09 bits per heavy atom. The number of nitrogens with zero attached hydrogens (tertiary/aromatic N) is 3. The fourth-order valence-corrected chi connectivity index (χ4v) is 3.92. The molecule has 2 heterocycles. The summed E-state index contributed by atoms with van der Waals surface area (Å²) in [6.45, 7) is 7.90. The van der Waals surface area contributed by atoms with Crippen LogP contribution in [0.2, 0.25) is 0 Å². The van der Waals surface area contributed by atoms with Gasteiger partial charge in [-0.1, -0.05) is 19.1 Å². The lowest BCUT2D eigenvalue weighted by Gasteiger charge is -2.15. The van der Waals surface area contributed by atoms with Crippen LogP contribution in [0.15, 0.2) is 24.3 Å². The van der Waals surface area contributed by atoms with Crippen LogP contribution >= 0.6 is 0 Å². The molecule has 1 aromatic carbocycles. The second-order valence-electron chi connectivity index (χ2n) is 7.18. The van der Waals surface area contributed by atoms with E-state index < -0.39 is 0 Å². The smallest absolute Gasteiger partial charge is 0.123 e. The Hall–Kier alpha value is -1.39. The number of nitrogens with one attached hydrogen (secondary N) is 1. The molecule has 4 nitrogen and oxygen atoms in total. The second kappa shape index (κ2) is 6.62. The van der Waals surface area contributed by atoms with E-state index in [2.05, 4.69) is 46.0 Å². The first-order valence-electron chi connectivity index (χ1n) is 9.24. The van der Waals surface area contributed by atoms with Crippen molar-refractivity contribution >= 4 is 11.0 Å². The van der Waals surface area contributed by atoms with Crippen molar-refractivity contribution in [3.8, 4) is 0 Å². The molecule has 4 heteroatoms. The highest BCUT2D eigenvalue weighted by atomic mass is 15.2. The molecule has 0 bridgehead atoms. The molecule has 0 spiro atoms. The summed E-state index contributed by atoms with van der Waals surface area (Å²) in [6.07, 6.45) is 5.36. The fraction of sp³-hybridized carbons (Fsp3) is 0.632. The highest BCUT2D eigenvalue weighted by Crippen LogP contribution is 2.31. The van der Waals surface area contributed by atoms with Gasteiger partial charge in [-0.3, -0.25) is 0 Å². The number of likely N-dealkylation sites (tertiary alicyclic amines) is 1. The van der Waals surface area contributed by atoms with E-state index in [0.717, 1.165) is 43.5 Å². The maximum Gasteiger partial charge on any atom is 0.123 e. The molecule has 4 rings (SSSR count). The Labute approximate surface area is 138 Å². The van der Waals surface area contributed by atoms with Crippen LogP contribution in [-0.4, -0.2) is 40.1 Å². The van der Waals surface area contributed by atoms with E-state index in [4.69, 9.17) is 4.98 Å². The summed E-state index contributed by atoms with van der Waals surface area (Å²) >= 11 is 0. The Bertz CT molecular complexity index is 658. The van der Waals surface area contributed by atoms with Crippen LogP contribution in [0.25, 0.3) is 11.0 Å². The van der Waals surface area contributed by atoms with Crippen LogP contribution in [-0.2, 0) is 13.1 Å². The van der Waals surface area contributed by atoms with Gasteiger partial charge in [-0.2, -0.15) is 0 Å². The monoisotopic (exact) mass is 312 g/mol. The Kier molecular flexibility index (Phi) is 4.36. The number of rotatable bonds is 7. The summed E-state index contributed by atoms with van der Waals surface area (Å²) < 4.78 is 2.38. The Balaban J connectivity index is 1.36. The van der Waals surface area contributed by atoms with Gasteiger partial charge < -0.3 is 14.8 Å². The third-order valence-electron chi connectivity index (χ3n) is 5.28. The molecule has 2 fully saturated rings. The number of fused-ring (bicyclic) bond motifs is 1. The van der Waals surface area contributed by atoms with E-state index in [1.54, 1.807) is 0 Å². The number of benzene rings is 1. The van der Waals surface area contributed by atoms with Crippen molar-refractivity contribution in [1.82, 2.24) is 19.8 Å². The zero-order chi connectivity index (χ0) is 15.6. The molecule has 1 aliphatic carbocycles. The minimum Gasteiger partial charge on any atom is -0.327 e. The van der Waals surface area contributed by atoms with Crippen LogP contribution in [0.4, 0.5) is 0 Å². The van der Waals surface area contributed by atoms with Gasteiger partial charge in [-0.15, -0.1) is 0 Å². The van der Waals surface area contributed by atoms with Gasteiger partial charge in [-0.05, 0) is 56.8 Å². The lowest BCUT2D eigenvalue weighted by atomic mass is 10.1. The first-order chi connectivity index (χ1) is 11.3. The van der Waals surface area contributed by atoms with E-state index in [9.17, 15) is 0 Å². The zero-order valence-electron chi connectivity index (χ0n) is 14.2. The van der Waals surface area contributed by atoms with Crippen LogP contribution in [0, 0.1) is 5.92 Å². The predicted molar refractivity (Wildman–Crippen MR) is 94.4 cm³/mol. The predicted octanol–water partition coefficient (Wildman–Crippen LogP) is 3.02. The molecule has 1 aromatic heterocycles. The summed E-state index contributed by atoms with van der Waals surface area (Å²) in [5, 5.41) is 3.67. The minimum absolute atomic E-state index is 0.819. The highest BCUT2D eigenvalue weighted by Gasteiger charge is 2.34. The third kappa shape index (κ3) is 3.29. The number of hydrogen-bond donors (Lipinski definition) is 1. The van der Waals surface area contributed by atoms with E-state index in [1.165, 1.54) is 43.7 Å². The van der Waals surface area contributed by atoms with Crippen LogP contribution in [0.5, 0.6) is 0 Å². The molecule has 0 radical (unpaired) electrons. The summed E-state index contributed by atoms with van der Waals surface area (Å²) in [5.41, 5.74) is 2.39. The molecule has 1 saturated carbocycles. The molecule has 1 atom stereocenters. The van der Waals surface area contributed by atoms with Gasteiger partial charge in [0.25, 0.3) is 0 Å². The number of para-hydroxylation sites is 2. The number of imidazole rings is 1. The molecule has 124 valence electrons. The number of hydrogen-bond acceptors (Lipinski definition) is 3. The molecule has 0 amide bonds. The lowest BCUT2D eigenvalue weighted by Crippen LogP contribution is -2.28. The van der Waals surface area contributed by atoms with Crippen LogP contribution in [0.3, 0.4) is 0 Å². The molecule has 2 aliphatic rings. The van der Waals surface area contributed by atoms with Gasteiger partial charge in [0.15, 0.2) is 0 Å². The van der Waals surface area contributed by atoms with Gasteiger partial charge in [-0.25, -0.2) is 4.98 Å². The van der Waals surface area contributed by atoms with Gasteiger partial charge in [0, 0.05) is 19.1 Å². The number of aromatic nitrogens is 2. The zero-order valence-corrected chi connectivity index (χ0v) is 14.2. The minimum atomic E-state index is 0.819. The van der Waals surface area contributed by atoms with Crippen LogP contribution in [0.1, 0.15) is 38.4 Å². The van der Waals surface area contributed by atoms with Gasteiger partial charge in [0.05, 0.1) is 17.6 Å². The largest absolute Gasteiger partial charge is 0.327 e. The van der Waals surface area contributed by atoms with Crippen molar-refractivity contribution in [2.24, 2.45) is 5.92 Å². The van der Waals surface area contributed by atoms with Crippen molar-refractivity contribution in [3.63, 3.8) is 0 Å². The van der Waals surface area contributed by atoms with Crippen LogP contribution < -0.4 is 5.32 Å². The molecule has 1 aliphatic heterocycles. The normalized spacial score (nSPS) is 22.2. The van der Waals surface area contributed by atoms with Crippen molar-refractivity contribution in [3.05, 3.63) is 30.1 Å². The Morgan fingerprint density at radius 3 is 2.91 bits per heavy atom. The molecule has 0 unspecified atom stereocenters. The summed E-state index contributed by atoms with van der Waals surface area (Å²) in [6, 6.07) is 9.42. The molecular weight excluding hydrogens is 284 g/mol. The fourth-order valence-electron chi connectivity index (χ4n) is 3.92. The molecular formula is C19H28N4. The van der Waals surface area contributed by atoms with E-state index >= 15 is 0 Å². The van der Waals surface area contributed by atoms with Crippen molar-refractivity contribution in [2.75, 3.05) is 19.6 Å². The maximum absolute atomic E-state index is 4.84. The van der Waals surface area contributed by atoms with Gasteiger partial charge in [0.1, 0.15) is 5.82 Å². The average Bonchev–Trinajstić information content (AvgIpc) is 3.22. The highest BCUT2D eigenvalue weighted by molar-refractivity contribution is 5.75. The topological polar surface area (TPSA) is 33.1 Å². The van der Waals surface area contributed by atoms with E-state index in [-0.39, 0.29) is 0 Å².